The van der Waals surface area contributed by atoms with E-state index in [9.17, 15) is 14.3 Å². The van der Waals surface area contributed by atoms with Gasteiger partial charge in [0.1, 0.15) is 17.7 Å². The molecule has 0 spiro atoms. The largest absolute Gasteiger partial charge is 0.507 e. The minimum atomic E-state index is -0.420. The number of carbonyl (C=O) groups excluding carboxylic acids is 1. The molecule has 7 nitrogen and oxygen atoms in total. The van der Waals surface area contributed by atoms with Crippen LogP contribution in [0.1, 0.15) is 25.8 Å². The van der Waals surface area contributed by atoms with Gasteiger partial charge >= 0.3 is 6.09 Å². The number of rotatable bonds is 5. The standard InChI is InChI=1S/C23H27FN4O3/c1-14(2)13-31-23(30)25-16-9-10-28(12-16)22-18-11-15(24)7-8-19(18)26-21(27-22)17-5-3-4-6-20(17)29/h3-8,11,14,16,18,22,29H,9-10,12-13H2,1-2H3,(H,25,30)/t16-,18?,22?/m1/s1. The van der Waals surface area contributed by atoms with Crippen molar-refractivity contribution in [1.29, 1.82) is 0 Å². The number of amides is 1. The maximum atomic E-state index is 14.0. The Morgan fingerprint density at radius 1 is 1.35 bits per heavy atom. The number of aliphatic imine (C=N–C) groups is 2. The van der Waals surface area contributed by atoms with E-state index in [-0.39, 0.29) is 35.6 Å². The first kappa shape index (κ1) is 21.2. The maximum absolute atomic E-state index is 14.0. The molecule has 0 radical (unpaired) electrons. The number of phenols is 1. The third-order valence-electron chi connectivity index (χ3n) is 5.51. The molecule has 1 aliphatic carbocycles. The first-order valence-corrected chi connectivity index (χ1v) is 10.6. The minimum absolute atomic E-state index is 0.0706. The zero-order valence-electron chi connectivity index (χ0n) is 17.7. The van der Waals surface area contributed by atoms with E-state index in [1.165, 1.54) is 12.2 Å². The van der Waals surface area contributed by atoms with Gasteiger partial charge < -0.3 is 15.2 Å². The highest BCUT2D eigenvalue weighted by molar-refractivity contribution is 6.14. The molecule has 1 aromatic carbocycles. The Morgan fingerprint density at radius 3 is 2.94 bits per heavy atom. The average Bonchev–Trinajstić information content (AvgIpc) is 3.20. The molecule has 164 valence electrons. The lowest BCUT2D eigenvalue weighted by atomic mass is 9.92. The average molecular weight is 426 g/mol. The fraction of sp³-hybridized carbons (Fsp3) is 0.435. The summed E-state index contributed by atoms with van der Waals surface area (Å²) in [4.78, 5) is 23.5. The van der Waals surface area contributed by atoms with Crippen LogP contribution in [0.5, 0.6) is 5.75 Å². The number of hydrogen-bond acceptors (Lipinski definition) is 6. The van der Waals surface area contributed by atoms with Crippen molar-refractivity contribution in [3.63, 3.8) is 0 Å². The molecule has 1 amide bonds. The van der Waals surface area contributed by atoms with Crippen molar-refractivity contribution < 1.29 is 19.0 Å². The highest BCUT2D eigenvalue weighted by Crippen LogP contribution is 2.31. The number of para-hydroxylation sites is 1. The highest BCUT2D eigenvalue weighted by Gasteiger charge is 2.38. The van der Waals surface area contributed by atoms with Crippen molar-refractivity contribution in [2.75, 3.05) is 19.7 Å². The second-order valence-corrected chi connectivity index (χ2v) is 8.45. The number of alkyl carbamates (subject to hydrolysis) is 1. The Bertz CT molecular complexity index is 969. The number of amidine groups is 1. The molecule has 2 N–H and O–H groups in total. The number of benzene rings is 1. The lowest BCUT2D eigenvalue weighted by Crippen LogP contribution is -2.45. The van der Waals surface area contributed by atoms with Crippen LogP contribution < -0.4 is 5.32 Å². The normalized spacial score (nSPS) is 25.5. The van der Waals surface area contributed by atoms with Crippen LogP contribution in [0.3, 0.4) is 0 Å². The Morgan fingerprint density at radius 2 is 2.16 bits per heavy atom. The number of aromatic hydroxyl groups is 1. The molecular formula is C23H27FN4O3. The van der Waals surface area contributed by atoms with E-state index in [0.29, 0.717) is 36.8 Å². The number of nitrogens with one attached hydrogen (secondary N) is 1. The van der Waals surface area contributed by atoms with E-state index in [2.05, 4.69) is 15.2 Å². The van der Waals surface area contributed by atoms with Crippen LogP contribution in [0, 0.1) is 11.8 Å². The van der Waals surface area contributed by atoms with Crippen molar-refractivity contribution in [1.82, 2.24) is 10.2 Å². The van der Waals surface area contributed by atoms with E-state index >= 15 is 0 Å². The number of nitrogens with zero attached hydrogens (tertiary/aromatic N) is 3. The molecule has 0 saturated carbocycles. The van der Waals surface area contributed by atoms with Crippen molar-refractivity contribution in [3.8, 4) is 5.75 Å². The lowest BCUT2D eigenvalue weighted by molar-refractivity contribution is 0.128. The van der Waals surface area contributed by atoms with E-state index < -0.39 is 6.09 Å². The summed E-state index contributed by atoms with van der Waals surface area (Å²) < 4.78 is 19.3. The van der Waals surface area contributed by atoms with Gasteiger partial charge in [0, 0.05) is 19.1 Å². The fourth-order valence-corrected chi connectivity index (χ4v) is 3.99. The molecule has 2 aliphatic heterocycles. The zero-order chi connectivity index (χ0) is 22.0. The predicted molar refractivity (Wildman–Crippen MR) is 117 cm³/mol. The van der Waals surface area contributed by atoms with E-state index in [4.69, 9.17) is 9.73 Å². The van der Waals surface area contributed by atoms with Gasteiger partial charge in [-0.1, -0.05) is 26.0 Å². The molecule has 1 saturated heterocycles. The van der Waals surface area contributed by atoms with Gasteiger partial charge in [-0.15, -0.1) is 0 Å². The third-order valence-corrected chi connectivity index (χ3v) is 5.51. The molecule has 31 heavy (non-hydrogen) atoms. The second-order valence-electron chi connectivity index (χ2n) is 8.45. The molecule has 2 unspecified atom stereocenters. The van der Waals surface area contributed by atoms with E-state index in [1.54, 1.807) is 24.3 Å². The summed E-state index contributed by atoms with van der Waals surface area (Å²) in [6, 6.07) is 6.83. The van der Waals surface area contributed by atoms with Gasteiger partial charge in [-0.3, -0.25) is 4.90 Å². The molecular weight excluding hydrogens is 399 g/mol. The first-order valence-electron chi connectivity index (χ1n) is 10.6. The lowest BCUT2D eigenvalue weighted by Gasteiger charge is -2.34. The summed E-state index contributed by atoms with van der Waals surface area (Å²) in [5.41, 5.74) is 1.24. The van der Waals surface area contributed by atoms with Crippen LogP contribution in [-0.4, -0.2) is 59.6 Å². The number of halogens is 1. The summed E-state index contributed by atoms with van der Waals surface area (Å²) in [6.45, 7) is 5.61. The Hall–Kier alpha value is -3.00. The van der Waals surface area contributed by atoms with E-state index in [0.717, 1.165) is 6.42 Å². The van der Waals surface area contributed by atoms with Crippen molar-refractivity contribution in [2.24, 2.45) is 21.8 Å². The molecule has 0 aromatic heterocycles. The molecule has 8 heteroatoms. The van der Waals surface area contributed by atoms with Crippen LogP contribution >= 0.6 is 0 Å². The molecule has 0 bridgehead atoms. The molecule has 2 heterocycles. The molecule has 1 aromatic rings. The van der Waals surface area contributed by atoms with Gasteiger partial charge in [0.25, 0.3) is 0 Å². The SMILES string of the molecule is CC(C)COC(=O)N[C@@H]1CCN(C2N=C(c3ccccc3O)N=C3C=CC(F)=CC32)C1. The zero-order valence-corrected chi connectivity index (χ0v) is 17.7. The topological polar surface area (TPSA) is 86.5 Å². The van der Waals surface area contributed by atoms with Gasteiger partial charge in [0.15, 0.2) is 5.84 Å². The van der Waals surface area contributed by atoms with Crippen LogP contribution in [0.25, 0.3) is 0 Å². The quantitative estimate of drug-likeness (QED) is 0.756. The molecule has 3 aliphatic rings. The number of allylic oxidation sites excluding steroid dienone is 3. The van der Waals surface area contributed by atoms with Crippen molar-refractivity contribution >= 4 is 17.6 Å². The molecule has 1 fully saturated rings. The highest BCUT2D eigenvalue weighted by atomic mass is 19.1. The van der Waals surface area contributed by atoms with Gasteiger partial charge in [-0.2, -0.15) is 0 Å². The summed E-state index contributed by atoms with van der Waals surface area (Å²) in [6.07, 6.45) is 4.53. The molecule has 4 rings (SSSR count). The van der Waals surface area contributed by atoms with E-state index in [1.807, 2.05) is 19.9 Å². The maximum Gasteiger partial charge on any atom is 0.407 e. The monoisotopic (exact) mass is 426 g/mol. The van der Waals surface area contributed by atoms with Crippen LogP contribution in [0.2, 0.25) is 0 Å². The predicted octanol–water partition coefficient (Wildman–Crippen LogP) is 3.42. The summed E-state index contributed by atoms with van der Waals surface area (Å²) in [7, 11) is 0. The van der Waals surface area contributed by atoms with Gasteiger partial charge in [0.05, 0.1) is 23.8 Å². The van der Waals surface area contributed by atoms with Crippen molar-refractivity contribution in [3.05, 3.63) is 53.9 Å². The number of ether oxygens (including phenoxy) is 1. The number of likely N-dealkylation sites (tertiary alicyclic amines) is 1. The minimum Gasteiger partial charge on any atom is -0.507 e. The van der Waals surface area contributed by atoms with Crippen molar-refractivity contribution in [2.45, 2.75) is 32.5 Å². The number of hydrogen-bond donors (Lipinski definition) is 2. The second kappa shape index (κ2) is 9.01. The van der Waals surface area contributed by atoms with Crippen LogP contribution in [0.15, 0.2) is 58.3 Å². The summed E-state index contributed by atoms with van der Waals surface area (Å²) >= 11 is 0. The number of fused-ring (bicyclic) bond motifs is 1. The number of phenolic OH excluding ortho intramolecular Hbond substituents is 1. The third kappa shape index (κ3) is 4.85. The van der Waals surface area contributed by atoms with Gasteiger partial charge in [0.2, 0.25) is 0 Å². The Labute approximate surface area is 181 Å². The molecule has 3 atom stereocenters. The summed E-state index contributed by atoms with van der Waals surface area (Å²) in [5, 5.41) is 13.2. The number of carbonyl (C=O) groups is 1. The smallest absolute Gasteiger partial charge is 0.407 e. The van der Waals surface area contributed by atoms with Gasteiger partial charge in [-0.05, 0) is 42.7 Å². The fourth-order valence-electron chi connectivity index (χ4n) is 3.99. The van der Waals surface area contributed by atoms with Crippen LogP contribution in [0.4, 0.5) is 9.18 Å². The Balaban J connectivity index is 1.53. The summed E-state index contributed by atoms with van der Waals surface area (Å²) in [5.74, 6) is 0.141. The first-order chi connectivity index (χ1) is 14.9. The van der Waals surface area contributed by atoms with Gasteiger partial charge in [-0.25, -0.2) is 19.2 Å². The van der Waals surface area contributed by atoms with Crippen LogP contribution in [-0.2, 0) is 4.74 Å². The Kier molecular flexibility index (Phi) is 6.18.